The second-order valence-corrected chi connectivity index (χ2v) is 8.55. The molecule has 3 heterocycles. The second-order valence-electron chi connectivity index (χ2n) is 5.57. The molecule has 0 unspecified atom stereocenters. The van der Waals surface area contributed by atoms with E-state index >= 15 is 0 Å². The van der Waals surface area contributed by atoms with Gasteiger partial charge in [0.15, 0.2) is 26.6 Å². The topological polar surface area (TPSA) is 104 Å². The quantitative estimate of drug-likeness (QED) is 0.492. The fourth-order valence-electron chi connectivity index (χ4n) is 2.43. The molecular formula is C16H13N5O3S2. The van der Waals surface area contributed by atoms with Crippen LogP contribution in [0.4, 0.5) is 0 Å². The largest absolute Gasteiger partial charge is 0.461 e. The van der Waals surface area contributed by atoms with Crippen molar-refractivity contribution < 1.29 is 12.8 Å². The van der Waals surface area contributed by atoms with Crippen molar-refractivity contribution in [1.29, 1.82) is 0 Å². The highest BCUT2D eigenvalue weighted by Crippen LogP contribution is 2.32. The molecule has 3 aromatic heterocycles. The molecule has 0 radical (unpaired) electrons. The van der Waals surface area contributed by atoms with Gasteiger partial charge >= 0.3 is 0 Å². The first-order valence-corrected chi connectivity index (χ1v) is 10.2. The summed E-state index contributed by atoms with van der Waals surface area (Å²) in [5, 5.41) is 10.2. The summed E-state index contributed by atoms with van der Waals surface area (Å²) in [5.74, 6) is 1.20. The molecule has 0 fully saturated rings. The molecule has 132 valence electrons. The van der Waals surface area contributed by atoms with Crippen LogP contribution in [0.3, 0.4) is 0 Å². The van der Waals surface area contributed by atoms with Crippen molar-refractivity contribution in [3.05, 3.63) is 42.9 Å². The lowest BCUT2D eigenvalue weighted by atomic mass is 10.2. The Morgan fingerprint density at radius 1 is 1.15 bits per heavy atom. The van der Waals surface area contributed by atoms with Gasteiger partial charge in [-0.1, -0.05) is 0 Å². The maximum atomic E-state index is 11.9. The van der Waals surface area contributed by atoms with E-state index in [2.05, 4.69) is 20.2 Å². The van der Waals surface area contributed by atoms with Gasteiger partial charge in [-0.05, 0) is 42.1 Å². The van der Waals surface area contributed by atoms with E-state index in [0.717, 1.165) is 0 Å². The Balaban J connectivity index is 1.78. The predicted molar refractivity (Wildman–Crippen MR) is 95.5 cm³/mol. The van der Waals surface area contributed by atoms with E-state index in [9.17, 15) is 8.42 Å². The molecule has 0 aliphatic rings. The van der Waals surface area contributed by atoms with E-state index < -0.39 is 9.84 Å². The molecule has 10 heteroatoms. The summed E-state index contributed by atoms with van der Waals surface area (Å²) < 4.78 is 30.9. The number of furan rings is 1. The van der Waals surface area contributed by atoms with E-state index in [-0.39, 0.29) is 4.90 Å². The van der Waals surface area contributed by atoms with Crippen LogP contribution in [-0.4, -0.2) is 39.4 Å². The molecule has 0 amide bonds. The SMILES string of the molecule is Cn1c(Sc2ncnc3ccc(S(C)(=O)=O)cc23)nnc1-c1ccco1. The number of sulfone groups is 1. The van der Waals surface area contributed by atoms with Crippen molar-refractivity contribution in [2.24, 2.45) is 7.05 Å². The molecule has 4 rings (SSSR count). The normalized spacial score (nSPS) is 11.9. The third kappa shape index (κ3) is 2.97. The molecule has 26 heavy (non-hydrogen) atoms. The summed E-state index contributed by atoms with van der Waals surface area (Å²) in [6.45, 7) is 0. The number of fused-ring (bicyclic) bond motifs is 1. The summed E-state index contributed by atoms with van der Waals surface area (Å²) in [6.07, 6.45) is 4.18. The standard InChI is InChI=1S/C16H13N5O3S2/c1-21-14(13-4-3-7-24-13)19-20-16(21)25-15-11-8-10(26(2,22)23)5-6-12(11)17-9-18-15/h3-9H,1-2H3. The van der Waals surface area contributed by atoms with Crippen LogP contribution in [0.15, 0.2) is 62.4 Å². The van der Waals surface area contributed by atoms with E-state index in [0.29, 0.717) is 32.7 Å². The van der Waals surface area contributed by atoms with Gasteiger partial charge in [-0.15, -0.1) is 10.2 Å². The summed E-state index contributed by atoms with van der Waals surface area (Å²) >= 11 is 1.28. The maximum absolute atomic E-state index is 11.9. The van der Waals surface area contributed by atoms with Crippen LogP contribution >= 0.6 is 11.8 Å². The number of nitrogens with zero attached hydrogens (tertiary/aromatic N) is 5. The number of hydrogen-bond acceptors (Lipinski definition) is 8. The van der Waals surface area contributed by atoms with Gasteiger partial charge in [-0.2, -0.15) is 0 Å². The number of hydrogen-bond donors (Lipinski definition) is 0. The van der Waals surface area contributed by atoms with Crippen LogP contribution in [-0.2, 0) is 16.9 Å². The van der Waals surface area contributed by atoms with Crippen molar-refractivity contribution >= 4 is 32.5 Å². The molecule has 0 atom stereocenters. The smallest absolute Gasteiger partial charge is 0.200 e. The third-order valence-corrected chi connectivity index (χ3v) is 5.93. The highest BCUT2D eigenvalue weighted by atomic mass is 32.2. The lowest BCUT2D eigenvalue weighted by molar-refractivity contribution is 0.572. The van der Waals surface area contributed by atoms with Gasteiger partial charge in [0.05, 0.1) is 16.7 Å². The number of benzene rings is 1. The molecule has 0 aliphatic heterocycles. The van der Waals surface area contributed by atoms with Gasteiger partial charge in [-0.3, -0.25) is 0 Å². The van der Waals surface area contributed by atoms with E-state index in [1.807, 2.05) is 7.05 Å². The minimum atomic E-state index is -3.33. The Hall–Kier alpha value is -2.72. The maximum Gasteiger partial charge on any atom is 0.200 e. The minimum Gasteiger partial charge on any atom is -0.461 e. The first-order chi connectivity index (χ1) is 12.4. The average Bonchev–Trinajstić information content (AvgIpc) is 3.24. The zero-order chi connectivity index (χ0) is 18.3. The van der Waals surface area contributed by atoms with Crippen LogP contribution in [0.1, 0.15) is 0 Å². The molecule has 1 aromatic carbocycles. The van der Waals surface area contributed by atoms with Crippen LogP contribution < -0.4 is 0 Å². The summed E-state index contributed by atoms with van der Waals surface area (Å²) in [5.41, 5.74) is 0.656. The molecule has 0 bridgehead atoms. The monoisotopic (exact) mass is 387 g/mol. The summed E-state index contributed by atoms with van der Waals surface area (Å²) in [7, 11) is -1.50. The molecular weight excluding hydrogens is 374 g/mol. The fraction of sp³-hybridized carbons (Fsp3) is 0.125. The third-order valence-electron chi connectivity index (χ3n) is 3.76. The molecule has 4 aromatic rings. The molecule has 0 N–H and O–H groups in total. The van der Waals surface area contributed by atoms with E-state index in [1.54, 1.807) is 35.1 Å². The Morgan fingerprint density at radius 3 is 2.73 bits per heavy atom. The van der Waals surface area contributed by atoms with Crippen LogP contribution in [0, 0.1) is 0 Å². The summed E-state index contributed by atoms with van der Waals surface area (Å²) in [6, 6.07) is 8.37. The van der Waals surface area contributed by atoms with Crippen molar-refractivity contribution in [3.8, 4) is 11.6 Å². The highest BCUT2D eigenvalue weighted by Gasteiger charge is 2.17. The predicted octanol–water partition coefficient (Wildman–Crippen LogP) is 2.57. The molecule has 0 saturated carbocycles. The lowest BCUT2D eigenvalue weighted by Gasteiger charge is -2.06. The zero-order valence-corrected chi connectivity index (χ0v) is 15.5. The first-order valence-electron chi connectivity index (χ1n) is 7.49. The molecule has 0 spiro atoms. The fourth-order valence-corrected chi connectivity index (χ4v) is 3.93. The van der Waals surface area contributed by atoms with Gasteiger partial charge in [0, 0.05) is 18.7 Å². The molecule has 0 saturated heterocycles. The van der Waals surface area contributed by atoms with Crippen molar-refractivity contribution in [1.82, 2.24) is 24.7 Å². The minimum absolute atomic E-state index is 0.218. The average molecular weight is 387 g/mol. The second kappa shape index (κ2) is 6.22. The Labute approximate surface area is 153 Å². The number of rotatable bonds is 4. The van der Waals surface area contributed by atoms with Crippen molar-refractivity contribution in [3.63, 3.8) is 0 Å². The van der Waals surface area contributed by atoms with E-state index in [4.69, 9.17) is 4.42 Å². The van der Waals surface area contributed by atoms with Crippen molar-refractivity contribution in [2.45, 2.75) is 15.1 Å². The summed E-state index contributed by atoms with van der Waals surface area (Å²) in [4.78, 5) is 8.71. The highest BCUT2D eigenvalue weighted by molar-refractivity contribution is 7.99. The van der Waals surface area contributed by atoms with Crippen molar-refractivity contribution in [2.75, 3.05) is 6.26 Å². The number of aromatic nitrogens is 5. The Bertz CT molecular complexity index is 1200. The lowest BCUT2D eigenvalue weighted by Crippen LogP contribution is -1.98. The van der Waals surface area contributed by atoms with Gasteiger partial charge in [0.25, 0.3) is 0 Å². The Morgan fingerprint density at radius 2 is 2.00 bits per heavy atom. The molecule has 0 aliphatic carbocycles. The van der Waals surface area contributed by atoms with Gasteiger partial charge in [0.1, 0.15) is 11.4 Å². The first kappa shape index (κ1) is 16.7. The zero-order valence-electron chi connectivity index (χ0n) is 13.8. The van der Waals surface area contributed by atoms with Crippen LogP contribution in [0.5, 0.6) is 0 Å². The molecule has 8 nitrogen and oxygen atoms in total. The van der Waals surface area contributed by atoms with Gasteiger partial charge < -0.3 is 8.98 Å². The van der Waals surface area contributed by atoms with Crippen LogP contribution in [0.25, 0.3) is 22.5 Å². The van der Waals surface area contributed by atoms with Gasteiger partial charge in [-0.25, -0.2) is 18.4 Å². The van der Waals surface area contributed by atoms with Crippen LogP contribution in [0.2, 0.25) is 0 Å². The van der Waals surface area contributed by atoms with E-state index in [1.165, 1.54) is 30.4 Å². The Kier molecular flexibility index (Phi) is 4.00. The van der Waals surface area contributed by atoms with Gasteiger partial charge in [0.2, 0.25) is 0 Å².